The molecule has 2 aromatic rings. The molecular weight excluding hydrogens is 354 g/mol. The number of ether oxygens (including phenoxy) is 1. The number of hydrogen-bond acceptors (Lipinski definition) is 3. The molecule has 136 valence electrons. The molecule has 1 atom stereocenters. The summed E-state index contributed by atoms with van der Waals surface area (Å²) in [6, 6.07) is 14.4. The van der Waals surface area contributed by atoms with Crippen LogP contribution in [-0.2, 0) is 11.4 Å². The van der Waals surface area contributed by atoms with Crippen LogP contribution in [-0.4, -0.2) is 35.0 Å². The van der Waals surface area contributed by atoms with Gasteiger partial charge in [0.2, 0.25) is 0 Å². The number of amides is 1. The number of likely N-dealkylation sites (tertiary alicyclic amines) is 1. The van der Waals surface area contributed by atoms with Gasteiger partial charge in [0.15, 0.2) is 0 Å². The van der Waals surface area contributed by atoms with E-state index in [0.29, 0.717) is 35.7 Å². The molecule has 1 aliphatic heterocycles. The van der Waals surface area contributed by atoms with Gasteiger partial charge in [-0.25, -0.2) is 0 Å². The molecule has 0 aliphatic carbocycles. The minimum absolute atomic E-state index is 0.203. The number of carboxylic acid groups (broad SMARTS) is 1. The highest BCUT2D eigenvalue weighted by molar-refractivity contribution is 6.31. The lowest BCUT2D eigenvalue weighted by molar-refractivity contribution is -0.143. The Morgan fingerprint density at radius 3 is 2.65 bits per heavy atom. The molecule has 6 heteroatoms. The van der Waals surface area contributed by atoms with E-state index < -0.39 is 11.9 Å². The third kappa shape index (κ3) is 4.17. The van der Waals surface area contributed by atoms with Crippen LogP contribution in [0.3, 0.4) is 0 Å². The predicted octanol–water partition coefficient (Wildman–Crippen LogP) is 3.86. The molecule has 26 heavy (non-hydrogen) atoms. The van der Waals surface area contributed by atoms with E-state index in [1.165, 1.54) is 0 Å². The van der Waals surface area contributed by atoms with Gasteiger partial charge in [-0.15, -0.1) is 0 Å². The standard InChI is InChI=1S/C20H20ClNO4/c21-17-9-3-1-6-15(17)13-26-18-10-4-2-8-16(18)19(23)22-11-5-7-14(12-22)20(24)25/h1-4,6,8-10,14H,5,7,11-13H2,(H,24,25)/t14-/m0/s1. The number of halogens is 1. The first-order chi connectivity index (χ1) is 12.6. The van der Waals surface area contributed by atoms with E-state index in [1.807, 2.05) is 18.2 Å². The first kappa shape index (κ1) is 18.3. The SMILES string of the molecule is O=C(O)[C@H]1CCCN(C(=O)c2ccccc2OCc2ccccc2Cl)C1. The van der Waals surface area contributed by atoms with Crippen molar-refractivity contribution in [2.24, 2.45) is 5.92 Å². The molecule has 0 aromatic heterocycles. The molecule has 2 aromatic carbocycles. The molecule has 1 amide bonds. The van der Waals surface area contributed by atoms with Crippen LogP contribution < -0.4 is 4.74 Å². The number of hydrogen-bond donors (Lipinski definition) is 1. The van der Waals surface area contributed by atoms with Crippen LogP contribution in [0.25, 0.3) is 0 Å². The second-order valence-electron chi connectivity index (χ2n) is 6.30. The quantitative estimate of drug-likeness (QED) is 0.864. The Morgan fingerprint density at radius 2 is 1.88 bits per heavy atom. The Labute approximate surface area is 157 Å². The van der Waals surface area contributed by atoms with Gasteiger partial charge >= 0.3 is 5.97 Å². The summed E-state index contributed by atoms with van der Waals surface area (Å²) < 4.78 is 5.84. The number of carbonyl (C=O) groups excluding carboxylic acids is 1. The smallest absolute Gasteiger partial charge is 0.308 e. The maximum atomic E-state index is 12.9. The fraction of sp³-hybridized carbons (Fsp3) is 0.300. The average molecular weight is 374 g/mol. The predicted molar refractivity (Wildman–Crippen MR) is 98.5 cm³/mol. The van der Waals surface area contributed by atoms with Gasteiger partial charge < -0.3 is 14.7 Å². The van der Waals surface area contributed by atoms with Gasteiger partial charge in [0.25, 0.3) is 5.91 Å². The lowest BCUT2D eigenvalue weighted by Crippen LogP contribution is -2.42. The van der Waals surface area contributed by atoms with Crippen molar-refractivity contribution in [3.05, 3.63) is 64.7 Å². The summed E-state index contributed by atoms with van der Waals surface area (Å²) in [5, 5.41) is 9.83. The zero-order valence-electron chi connectivity index (χ0n) is 14.2. The third-order valence-corrected chi connectivity index (χ3v) is 4.89. The van der Waals surface area contributed by atoms with E-state index >= 15 is 0 Å². The lowest BCUT2D eigenvalue weighted by Gasteiger charge is -2.31. The summed E-state index contributed by atoms with van der Waals surface area (Å²) in [5.41, 5.74) is 1.27. The van der Waals surface area contributed by atoms with Crippen LogP contribution in [0.15, 0.2) is 48.5 Å². The molecule has 0 spiro atoms. The fourth-order valence-electron chi connectivity index (χ4n) is 3.07. The van der Waals surface area contributed by atoms with E-state index in [1.54, 1.807) is 35.2 Å². The number of para-hydroxylation sites is 1. The Balaban J connectivity index is 1.75. The molecule has 1 heterocycles. The molecule has 0 saturated carbocycles. The van der Waals surface area contributed by atoms with Gasteiger partial charge in [0.1, 0.15) is 12.4 Å². The second-order valence-corrected chi connectivity index (χ2v) is 6.71. The largest absolute Gasteiger partial charge is 0.488 e. The highest BCUT2D eigenvalue weighted by Crippen LogP contribution is 2.25. The second kappa shape index (κ2) is 8.23. The van der Waals surface area contributed by atoms with Crippen molar-refractivity contribution in [3.63, 3.8) is 0 Å². The summed E-state index contributed by atoms with van der Waals surface area (Å²) in [6.45, 7) is 1.04. The molecule has 1 saturated heterocycles. The Morgan fingerprint density at radius 1 is 1.15 bits per heavy atom. The van der Waals surface area contributed by atoms with E-state index in [0.717, 1.165) is 5.56 Å². The monoisotopic (exact) mass is 373 g/mol. The topological polar surface area (TPSA) is 66.8 Å². The molecule has 0 radical (unpaired) electrons. The summed E-state index contributed by atoms with van der Waals surface area (Å²) in [5.74, 6) is -1.10. The maximum Gasteiger partial charge on any atom is 0.308 e. The number of piperidine rings is 1. The van der Waals surface area contributed by atoms with Crippen molar-refractivity contribution in [3.8, 4) is 5.75 Å². The van der Waals surface area contributed by atoms with Crippen molar-refractivity contribution in [1.29, 1.82) is 0 Å². The van der Waals surface area contributed by atoms with E-state index in [2.05, 4.69) is 0 Å². The van der Waals surface area contributed by atoms with Gasteiger partial charge in [-0.1, -0.05) is 41.9 Å². The highest BCUT2D eigenvalue weighted by atomic mass is 35.5. The van der Waals surface area contributed by atoms with Gasteiger partial charge in [-0.05, 0) is 31.0 Å². The van der Waals surface area contributed by atoms with E-state index in [-0.39, 0.29) is 19.1 Å². The van der Waals surface area contributed by atoms with Gasteiger partial charge in [-0.2, -0.15) is 0 Å². The molecule has 0 unspecified atom stereocenters. The minimum Gasteiger partial charge on any atom is -0.488 e. The molecule has 1 aliphatic rings. The molecular formula is C20H20ClNO4. The zero-order valence-corrected chi connectivity index (χ0v) is 15.0. The van der Waals surface area contributed by atoms with Crippen molar-refractivity contribution >= 4 is 23.5 Å². The summed E-state index contributed by atoms with van der Waals surface area (Å²) in [6.07, 6.45) is 1.29. The van der Waals surface area contributed by atoms with Crippen molar-refractivity contribution < 1.29 is 19.4 Å². The number of carboxylic acids is 1. The molecule has 1 N–H and O–H groups in total. The highest BCUT2D eigenvalue weighted by Gasteiger charge is 2.29. The van der Waals surface area contributed by atoms with Crippen LogP contribution in [0.4, 0.5) is 0 Å². The number of nitrogens with zero attached hydrogens (tertiary/aromatic N) is 1. The third-order valence-electron chi connectivity index (χ3n) is 4.52. The van der Waals surface area contributed by atoms with Crippen molar-refractivity contribution in [2.75, 3.05) is 13.1 Å². The number of benzene rings is 2. The Bertz CT molecular complexity index is 808. The molecule has 5 nitrogen and oxygen atoms in total. The summed E-state index contributed by atoms with van der Waals surface area (Å²) in [7, 11) is 0. The van der Waals surface area contributed by atoms with Gasteiger partial charge in [-0.3, -0.25) is 9.59 Å². The van der Waals surface area contributed by atoms with E-state index in [9.17, 15) is 14.7 Å². The zero-order chi connectivity index (χ0) is 18.5. The van der Waals surface area contributed by atoms with Crippen molar-refractivity contribution in [1.82, 2.24) is 4.90 Å². The van der Waals surface area contributed by atoms with Crippen LogP contribution in [0.2, 0.25) is 5.02 Å². The number of aliphatic carboxylic acids is 1. The first-order valence-electron chi connectivity index (χ1n) is 8.53. The average Bonchev–Trinajstić information content (AvgIpc) is 2.67. The van der Waals surface area contributed by atoms with Crippen molar-refractivity contribution in [2.45, 2.75) is 19.4 Å². The molecule has 0 bridgehead atoms. The minimum atomic E-state index is -0.856. The molecule has 3 rings (SSSR count). The normalized spacial score (nSPS) is 17.0. The number of rotatable bonds is 5. The lowest BCUT2D eigenvalue weighted by atomic mass is 9.97. The summed E-state index contributed by atoms with van der Waals surface area (Å²) in [4.78, 5) is 25.7. The van der Waals surface area contributed by atoms with Gasteiger partial charge in [0, 0.05) is 23.7 Å². The maximum absolute atomic E-state index is 12.9. The van der Waals surface area contributed by atoms with Crippen LogP contribution >= 0.6 is 11.6 Å². The van der Waals surface area contributed by atoms with E-state index in [4.69, 9.17) is 16.3 Å². The Hall–Kier alpha value is -2.53. The van der Waals surface area contributed by atoms with Crippen LogP contribution in [0, 0.1) is 5.92 Å². The molecule has 1 fully saturated rings. The number of carbonyl (C=O) groups is 2. The Kier molecular flexibility index (Phi) is 5.78. The first-order valence-corrected chi connectivity index (χ1v) is 8.91. The fourth-order valence-corrected chi connectivity index (χ4v) is 3.26. The van der Waals surface area contributed by atoms with Gasteiger partial charge in [0.05, 0.1) is 11.5 Å². The van der Waals surface area contributed by atoms with Crippen LogP contribution in [0.1, 0.15) is 28.8 Å². The van der Waals surface area contributed by atoms with Crippen LogP contribution in [0.5, 0.6) is 5.75 Å². The summed E-state index contributed by atoms with van der Waals surface area (Å²) >= 11 is 6.15.